The van der Waals surface area contributed by atoms with Gasteiger partial charge in [-0.3, -0.25) is 4.79 Å². The molecular formula is C11H12ClFO2. The number of carbonyl (C=O) groups is 1. The Morgan fingerprint density at radius 3 is 2.47 bits per heavy atom. The maximum Gasteiger partial charge on any atom is 0.310 e. The zero-order chi connectivity index (χ0) is 11.6. The first-order valence-electron chi connectivity index (χ1n) is 4.59. The Labute approximate surface area is 92.7 Å². The van der Waals surface area contributed by atoms with Gasteiger partial charge in [-0.25, -0.2) is 4.39 Å². The number of aliphatic carboxylic acids is 1. The molecule has 0 saturated heterocycles. The Morgan fingerprint density at radius 1 is 1.47 bits per heavy atom. The molecule has 0 radical (unpaired) electrons. The molecule has 0 aromatic heterocycles. The van der Waals surface area contributed by atoms with Crippen molar-refractivity contribution in [3.8, 4) is 0 Å². The molecule has 0 fully saturated rings. The van der Waals surface area contributed by atoms with Gasteiger partial charge in [0.25, 0.3) is 0 Å². The van der Waals surface area contributed by atoms with Crippen molar-refractivity contribution >= 4 is 17.6 Å². The van der Waals surface area contributed by atoms with Crippen LogP contribution in [0.2, 0.25) is 5.02 Å². The third-order valence-electron chi connectivity index (χ3n) is 2.32. The molecule has 0 aliphatic heterocycles. The van der Waals surface area contributed by atoms with E-state index in [0.29, 0.717) is 16.1 Å². The van der Waals surface area contributed by atoms with Crippen molar-refractivity contribution in [1.82, 2.24) is 0 Å². The van der Waals surface area contributed by atoms with E-state index in [-0.39, 0.29) is 0 Å². The predicted octanol–water partition coefficient (Wildman–Crippen LogP) is 3.56. The van der Waals surface area contributed by atoms with E-state index in [4.69, 9.17) is 16.7 Å². The number of carboxylic acid groups (broad SMARTS) is 1. The maximum absolute atomic E-state index is 12.9. The molecule has 15 heavy (non-hydrogen) atoms. The first-order chi connectivity index (χ1) is 6.93. The molecule has 0 bridgehead atoms. The normalized spacial score (nSPS) is 14.7. The van der Waals surface area contributed by atoms with Crippen LogP contribution in [0.15, 0.2) is 18.2 Å². The Balaban J connectivity index is 3.08. The van der Waals surface area contributed by atoms with E-state index in [1.54, 1.807) is 19.1 Å². The summed E-state index contributed by atoms with van der Waals surface area (Å²) in [6.07, 6.45) is -1.10. The number of rotatable bonds is 3. The molecular weight excluding hydrogens is 219 g/mol. The Bertz CT molecular complexity index is 377. The summed E-state index contributed by atoms with van der Waals surface area (Å²) in [5, 5.41) is 9.10. The number of hydrogen-bond donors (Lipinski definition) is 1. The van der Waals surface area contributed by atoms with Crippen LogP contribution in [0.5, 0.6) is 0 Å². The fourth-order valence-electron chi connectivity index (χ4n) is 1.28. The minimum Gasteiger partial charge on any atom is -0.481 e. The number of carboxylic acids is 1. The van der Waals surface area contributed by atoms with Crippen LogP contribution in [0, 0.1) is 0 Å². The van der Waals surface area contributed by atoms with E-state index in [1.165, 1.54) is 13.0 Å². The topological polar surface area (TPSA) is 37.3 Å². The molecule has 0 aliphatic carbocycles. The van der Waals surface area contributed by atoms with Crippen molar-refractivity contribution in [3.63, 3.8) is 0 Å². The van der Waals surface area contributed by atoms with Crippen LogP contribution in [-0.4, -0.2) is 11.1 Å². The lowest BCUT2D eigenvalue weighted by atomic mass is 9.99. The van der Waals surface area contributed by atoms with Crippen molar-refractivity contribution in [2.45, 2.75) is 25.9 Å². The molecule has 0 heterocycles. The molecule has 0 amide bonds. The molecule has 1 N–H and O–H groups in total. The SMILES string of the molecule is CC(F)c1ccc(C(C)C(=O)O)c(Cl)c1. The molecule has 0 saturated carbocycles. The molecule has 1 aromatic rings. The third-order valence-corrected chi connectivity index (χ3v) is 2.65. The van der Waals surface area contributed by atoms with Gasteiger partial charge in [-0.05, 0) is 31.0 Å². The fourth-order valence-corrected chi connectivity index (χ4v) is 1.63. The van der Waals surface area contributed by atoms with E-state index < -0.39 is 18.1 Å². The van der Waals surface area contributed by atoms with Crippen LogP contribution in [0.1, 0.15) is 37.1 Å². The molecule has 2 atom stereocenters. The second-order valence-corrected chi connectivity index (χ2v) is 3.86. The average Bonchev–Trinajstić information content (AvgIpc) is 2.16. The first-order valence-corrected chi connectivity index (χ1v) is 4.97. The smallest absolute Gasteiger partial charge is 0.310 e. The van der Waals surface area contributed by atoms with Crippen molar-refractivity contribution in [2.75, 3.05) is 0 Å². The summed E-state index contributed by atoms with van der Waals surface area (Å²) in [6, 6.07) is 4.60. The molecule has 1 rings (SSSR count). The average molecular weight is 231 g/mol. The summed E-state index contributed by atoms with van der Waals surface area (Å²) >= 11 is 5.88. The van der Waals surface area contributed by atoms with Crippen LogP contribution in [0.3, 0.4) is 0 Å². The first kappa shape index (κ1) is 12.0. The van der Waals surface area contributed by atoms with Crippen molar-refractivity contribution in [2.24, 2.45) is 0 Å². The summed E-state index contributed by atoms with van der Waals surface area (Å²) in [4.78, 5) is 10.7. The van der Waals surface area contributed by atoms with Gasteiger partial charge in [0, 0.05) is 5.02 Å². The van der Waals surface area contributed by atoms with Gasteiger partial charge >= 0.3 is 5.97 Å². The zero-order valence-electron chi connectivity index (χ0n) is 8.50. The van der Waals surface area contributed by atoms with Crippen LogP contribution in [-0.2, 0) is 4.79 Å². The van der Waals surface area contributed by atoms with Gasteiger partial charge in [0.15, 0.2) is 0 Å². The molecule has 4 heteroatoms. The highest BCUT2D eigenvalue weighted by Crippen LogP contribution is 2.28. The maximum atomic E-state index is 12.9. The largest absolute Gasteiger partial charge is 0.481 e. The van der Waals surface area contributed by atoms with Gasteiger partial charge in [0.05, 0.1) is 5.92 Å². The predicted molar refractivity (Wildman–Crippen MR) is 57.0 cm³/mol. The van der Waals surface area contributed by atoms with E-state index >= 15 is 0 Å². The second kappa shape index (κ2) is 4.62. The van der Waals surface area contributed by atoms with Gasteiger partial charge < -0.3 is 5.11 Å². The highest BCUT2D eigenvalue weighted by atomic mass is 35.5. The Morgan fingerprint density at radius 2 is 2.07 bits per heavy atom. The number of hydrogen-bond acceptors (Lipinski definition) is 1. The molecule has 1 aromatic carbocycles. The number of benzene rings is 1. The van der Waals surface area contributed by atoms with Gasteiger partial charge in [0.1, 0.15) is 6.17 Å². The second-order valence-electron chi connectivity index (χ2n) is 3.46. The lowest BCUT2D eigenvalue weighted by Crippen LogP contribution is -2.08. The summed E-state index contributed by atoms with van der Waals surface area (Å²) < 4.78 is 12.9. The van der Waals surface area contributed by atoms with E-state index in [1.807, 2.05) is 0 Å². The van der Waals surface area contributed by atoms with E-state index in [0.717, 1.165) is 0 Å². The fraction of sp³-hybridized carbons (Fsp3) is 0.364. The van der Waals surface area contributed by atoms with Crippen LogP contribution in [0.25, 0.3) is 0 Å². The third kappa shape index (κ3) is 2.69. The lowest BCUT2D eigenvalue weighted by Gasteiger charge is -2.11. The minimum absolute atomic E-state index is 0.298. The van der Waals surface area contributed by atoms with Crippen LogP contribution >= 0.6 is 11.6 Å². The highest BCUT2D eigenvalue weighted by molar-refractivity contribution is 6.31. The molecule has 82 valence electrons. The van der Waals surface area contributed by atoms with Crippen molar-refractivity contribution in [3.05, 3.63) is 34.3 Å². The van der Waals surface area contributed by atoms with E-state index in [2.05, 4.69) is 0 Å². The Hall–Kier alpha value is -1.09. The van der Waals surface area contributed by atoms with Crippen LogP contribution < -0.4 is 0 Å². The standard InChI is InChI=1S/C11H12ClFO2/c1-6(11(14)15)9-4-3-8(7(2)13)5-10(9)12/h3-7H,1-2H3,(H,14,15). The monoisotopic (exact) mass is 230 g/mol. The minimum atomic E-state index is -1.10. The summed E-state index contributed by atoms with van der Waals surface area (Å²) in [7, 11) is 0. The van der Waals surface area contributed by atoms with Gasteiger partial charge in [0.2, 0.25) is 0 Å². The molecule has 0 spiro atoms. The number of alkyl halides is 1. The quantitative estimate of drug-likeness (QED) is 0.862. The molecule has 2 unspecified atom stereocenters. The Kier molecular flexibility index (Phi) is 3.69. The summed E-state index contributed by atoms with van der Waals surface area (Å²) in [6.45, 7) is 2.95. The van der Waals surface area contributed by atoms with E-state index in [9.17, 15) is 9.18 Å². The summed E-state index contributed by atoms with van der Waals surface area (Å²) in [5.74, 6) is -1.63. The molecule has 0 aliphatic rings. The van der Waals surface area contributed by atoms with Gasteiger partial charge in [-0.1, -0.05) is 23.7 Å². The number of halogens is 2. The van der Waals surface area contributed by atoms with Gasteiger partial charge in [-0.2, -0.15) is 0 Å². The van der Waals surface area contributed by atoms with Crippen molar-refractivity contribution in [1.29, 1.82) is 0 Å². The summed E-state index contributed by atoms with van der Waals surface area (Å²) in [5.41, 5.74) is 0.968. The zero-order valence-corrected chi connectivity index (χ0v) is 9.25. The highest BCUT2D eigenvalue weighted by Gasteiger charge is 2.17. The van der Waals surface area contributed by atoms with Crippen molar-refractivity contribution < 1.29 is 14.3 Å². The lowest BCUT2D eigenvalue weighted by molar-refractivity contribution is -0.138. The van der Waals surface area contributed by atoms with Gasteiger partial charge in [-0.15, -0.1) is 0 Å². The molecule has 2 nitrogen and oxygen atoms in total. The van der Waals surface area contributed by atoms with Crippen LogP contribution in [0.4, 0.5) is 4.39 Å².